The molecule has 15 heteroatoms. The van der Waals surface area contributed by atoms with E-state index in [0.29, 0.717) is 19.8 Å². The van der Waals surface area contributed by atoms with Crippen LogP contribution in [0.5, 0.6) is 5.75 Å². The summed E-state index contributed by atoms with van der Waals surface area (Å²) < 4.78 is 111. The molecule has 7 nitrogen and oxygen atoms in total. The number of nitrogens with one attached hydrogen (secondary N) is 1. The molecule has 0 spiro atoms. The molecule has 1 aromatic carbocycles. The normalized spacial score (nSPS) is 15.6. The molecule has 0 unspecified atom stereocenters. The van der Waals surface area contributed by atoms with Crippen LogP contribution < -0.4 is 9.46 Å². The fraction of sp³-hybridized carbons (Fsp3) is 0.364. The second kappa shape index (κ2) is 9.80. The van der Waals surface area contributed by atoms with E-state index in [2.05, 4.69) is 25.7 Å². The molecule has 0 radical (unpaired) electrons. The largest absolute Gasteiger partial charge is 0.432 e. The van der Waals surface area contributed by atoms with Crippen molar-refractivity contribution in [2.24, 2.45) is 0 Å². The van der Waals surface area contributed by atoms with E-state index in [9.17, 15) is 40.0 Å². The number of hydrogen-bond donors (Lipinski definition) is 1. The first-order valence-corrected chi connectivity index (χ1v) is 13.0. The number of fused-ring (bicyclic) bond motifs is 1. The number of benzene rings is 1. The van der Waals surface area contributed by atoms with Gasteiger partial charge < -0.3 is 9.30 Å². The molecule has 1 atom stereocenters. The average Bonchev–Trinajstić information content (AvgIpc) is 3.08. The highest BCUT2D eigenvalue weighted by atomic mass is 79.9. The zero-order valence-electron chi connectivity index (χ0n) is 18.8. The van der Waals surface area contributed by atoms with Gasteiger partial charge in [-0.2, -0.15) is 31.9 Å². The molecule has 0 aliphatic heterocycles. The van der Waals surface area contributed by atoms with Crippen LogP contribution in [-0.4, -0.2) is 36.8 Å². The van der Waals surface area contributed by atoms with Gasteiger partial charge in [-0.1, -0.05) is 0 Å². The summed E-state index contributed by atoms with van der Waals surface area (Å²) in [5, 5.41) is 10.0. The topological polar surface area (TPSA) is 97.0 Å². The Morgan fingerprint density at radius 3 is 2.46 bits per heavy atom. The number of hydrogen-bond acceptors (Lipinski definition) is 5. The minimum absolute atomic E-state index is 0.0526. The molecule has 0 saturated heterocycles. The van der Waals surface area contributed by atoms with Crippen molar-refractivity contribution in [3.8, 4) is 23.2 Å². The highest BCUT2D eigenvalue weighted by Crippen LogP contribution is 2.46. The maximum atomic E-state index is 14.8. The van der Waals surface area contributed by atoms with Crippen molar-refractivity contribution in [3.63, 3.8) is 0 Å². The van der Waals surface area contributed by atoms with E-state index in [4.69, 9.17) is 0 Å². The van der Waals surface area contributed by atoms with E-state index < -0.39 is 45.3 Å². The predicted molar refractivity (Wildman–Crippen MR) is 123 cm³/mol. The fourth-order valence-electron chi connectivity index (χ4n) is 3.99. The van der Waals surface area contributed by atoms with Crippen LogP contribution in [-0.2, 0) is 10.0 Å². The third kappa shape index (κ3) is 5.01. The Morgan fingerprint density at radius 1 is 1.30 bits per heavy atom. The van der Waals surface area contributed by atoms with Crippen molar-refractivity contribution in [2.75, 3.05) is 0 Å². The summed E-state index contributed by atoms with van der Waals surface area (Å²) in [6.07, 6.45) is -1.81. The summed E-state index contributed by atoms with van der Waals surface area (Å²) in [5.74, 6) is -1.87. The molecule has 3 aromatic rings. The molecule has 0 amide bonds. The Balaban J connectivity index is 1.88. The van der Waals surface area contributed by atoms with Crippen molar-refractivity contribution >= 4 is 36.9 Å². The van der Waals surface area contributed by atoms with Crippen molar-refractivity contribution in [3.05, 3.63) is 40.2 Å². The second-order valence-corrected chi connectivity index (χ2v) is 10.8. The van der Waals surface area contributed by atoms with Crippen LogP contribution in [0.1, 0.15) is 37.8 Å². The Morgan fingerprint density at radius 2 is 1.97 bits per heavy atom. The fourth-order valence-corrected chi connectivity index (χ4v) is 5.76. The molecule has 1 fully saturated rings. The van der Waals surface area contributed by atoms with Gasteiger partial charge in [0.2, 0.25) is 10.0 Å². The number of sulfonamides is 1. The zero-order chi connectivity index (χ0) is 27.3. The van der Waals surface area contributed by atoms with Gasteiger partial charge in [-0.25, -0.2) is 12.8 Å². The minimum atomic E-state index is -4.80. The number of nitriles is 1. The van der Waals surface area contributed by atoms with Gasteiger partial charge in [-0.3, -0.25) is 4.98 Å². The van der Waals surface area contributed by atoms with Crippen LogP contribution in [0.4, 0.5) is 26.3 Å². The number of aromatic nitrogens is 2. The first kappa shape index (κ1) is 27.2. The monoisotopic (exact) mass is 610 g/mol. The molecule has 198 valence electrons. The molecule has 1 N–H and O–H groups in total. The quantitative estimate of drug-likeness (QED) is 0.329. The van der Waals surface area contributed by atoms with Crippen molar-refractivity contribution in [2.45, 2.75) is 56.0 Å². The number of pyridine rings is 1. The lowest BCUT2D eigenvalue weighted by Crippen LogP contribution is -2.42. The van der Waals surface area contributed by atoms with E-state index in [0.717, 1.165) is 24.8 Å². The number of ether oxygens (including phenoxy) is 1. The summed E-state index contributed by atoms with van der Waals surface area (Å²) in [6.45, 7) is -2.65. The maximum absolute atomic E-state index is 14.8. The van der Waals surface area contributed by atoms with Gasteiger partial charge in [0.1, 0.15) is 17.0 Å². The van der Waals surface area contributed by atoms with Crippen LogP contribution in [0.3, 0.4) is 0 Å². The Kier molecular flexibility index (Phi) is 7.21. The first-order valence-electron chi connectivity index (χ1n) is 10.7. The van der Waals surface area contributed by atoms with Gasteiger partial charge in [-0.15, -0.1) is 0 Å². The number of alkyl halides is 5. The van der Waals surface area contributed by atoms with Crippen molar-refractivity contribution in [1.29, 1.82) is 5.26 Å². The van der Waals surface area contributed by atoms with Gasteiger partial charge in [0.15, 0.2) is 11.6 Å². The average molecular weight is 611 g/mol. The number of rotatable bonds is 7. The van der Waals surface area contributed by atoms with Crippen LogP contribution in [0.15, 0.2) is 33.8 Å². The summed E-state index contributed by atoms with van der Waals surface area (Å²) in [6, 6.07) is 2.72. The molecular weight excluding hydrogens is 594 g/mol. The van der Waals surface area contributed by atoms with Crippen molar-refractivity contribution in [1.82, 2.24) is 14.3 Å². The molecule has 1 saturated carbocycles. The highest BCUT2D eigenvalue weighted by Gasteiger charge is 2.39. The molecule has 0 bridgehead atoms. The van der Waals surface area contributed by atoms with E-state index in [1.807, 2.05) is 6.07 Å². The highest BCUT2D eigenvalue weighted by molar-refractivity contribution is 9.10. The SMILES string of the molecule is C[C@H](NS(=O)(=O)c1ccc(-c2c(C#N)c3c(Br)c(F)c(OC(F)F)cc3n2C2CCC2)nc1)C(F)(F)F. The van der Waals surface area contributed by atoms with Gasteiger partial charge in [-0.05, 0) is 54.2 Å². The summed E-state index contributed by atoms with van der Waals surface area (Å²) in [5.41, 5.74) is 0.422. The summed E-state index contributed by atoms with van der Waals surface area (Å²) >= 11 is 3.03. The third-order valence-electron chi connectivity index (χ3n) is 6.02. The van der Waals surface area contributed by atoms with E-state index >= 15 is 0 Å². The van der Waals surface area contributed by atoms with Crippen molar-refractivity contribution < 1.29 is 39.5 Å². The standard InChI is InChI=1S/C22H17BrF6N4O3S/c1-10(22(27,28)29)32-37(34,35)12-5-6-14(31-9-12)20-13(8-30)17-15(33(20)11-3-2-4-11)7-16(36-21(25)26)19(24)18(17)23/h5-7,9-11,21,32H,2-4H2,1H3/t10-/m0/s1. The lowest BCUT2D eigenvalue weighted by molar-refractivity contribution is -0.147. The molecule has 4 rings (SSSR count). The molecule has 1 aliphatic rings. The van der Waals surface area contributed by atoms with Gasteiger partial charge in [0, 0.05) is 23.7 Å². The van der Waals surface area contributed by atoms with Gasteiger partial charge in [0.25, 0.3) is 0 Å². The third-order valence-corrected chi connectivity index (χ3v) is 8.29. The number of nitrogens with zero attached hydrogens (tertiary/aromatic N) is 3. The smallest absolute Gasteiger partial charge is 0.404 e. The number of halogens is 7. The van der Waals surface area contributed by atoms with Crippen LogP contribution in [0.2, 0.25) is 0 Å². The lowest BCUT2D eigenvalue weighted by atomic mass is 9.92. The van der Waals surface area contributed by atoms with E-state index in [1.54, 1.807) is 4.57 Å². The second-order valence-electron chi connectivity index (χ2n) is 8.33. The molecule has 1 aliphatic carbocycles. The van der Waals surface area contributed by atoms with Crippen LogP contribution >= 0.6 is 15.9 Å². The summed E-state index contributed by atoms with van der Waals surface area (Å²) in [7, 11) is -4.58. The van der Waals surface area contributed by atoms with Crippen LogP contribution in [0.25, 0.3) is 22.3 Å². The van der Waals surface area contributed by atoms with Crippen LogP contribution in [0, 0.1) is 17.1 Å². The predicted octanol–water partition coefficient (Wildman–Crippen LogP) is 6.03. The molecule has 2 aromatic heterocycles. The molecule has 2 heterocycles. The lowest BCUT2D eigenvalue weighted by Gasteiger charge is -2.30. The Bertz CT molecular complexity index is 1500. The van der Waals surface area contributed by atoms with Gasteiger partial charge >= 0.3 is 12.8 Å². The molecule has 37 heavy (non-hydrogen) atoms. The Labute approximate surface area is 215 Å². The first-order chi connectivity index (χ1) is 17.3. The van der Waals surface area contributed by atoms with E-state index in [1.165, 1.54) is 10.8 Å². The maximum Gasteiger partial charge on any atom is 0.404 e. The Hall–Kier alpha value is -2.83. The summed E-state index contributed by atoms with van der Waals surface area (Å²) in [4.78, 5) is 3.54. The van der Waals surface area contributed by atoms with E-state index in [-0.39, 0.29) is 38.4 Å². The zero-order valence-corrected chi connectivity index (χ0v) is 21.2. The van der Waals surface area contributed by atoms with Gasteiger partial charge in [0.05, 0.1) is 26.9 Å². The molecular formula is C22H17BrF6N4O3S. The minimum Gasteiger partial charge on any atom is -0.432 e.